The number of nitrogens with one attached hydrogen (secondary N) is 1. The number of H-pyrrole nitrogens is 1. The maximum atomic E-state index is 11.7. The normalized spacial score (nSPS) is 11.0. The molecule has 18 heavy (non-hydrogen) atoms. The van der Waals surface area contributed by atoms with Crippen LogP contribution in [-0.4, -0.2) is 15.0 Å². The first kappa shape index (κ1) is 11.4. The number of aromatic nitrogens is 3. The summed E-state index contributed by atoms with van der Waals surface area (Å²) in [5.74, 6) is 0.591. The minimum absolute atomic E-state index is 0.206. The van der Waals surface area contributed by atoms with Crippen LogP contribution >= 0.6 is 22.9 Å². The maximum absolute atomic E-state index is 11.7. The molecule has 0 amide bonds. The van der Waals surface area contributed by atoms with Gasteiger partial charge in [-0.3, -0.25) is 4.79 Å². The molecule has 0 radical (unpaired) electrons. The van der Waals surface area contributed by atoms with E-state index in [1.165, 1.54) is 11.3 Å². The zero-order valence-corrected chi connectivity index (χ0v) is 11.0. The molecule has 2 heterocycles. The van der Waals surface area contributed by atoms with Crippen LogP contribution in [0.5, 0.6) is 0 Å². The average Bonchev–Trinajstić information content (AvgIpc) is 2.73. The number of halogens is 1. The van der Waals surface area contributed by atoms with Gasteiger partial charge in [0.2, 0.25) is 0 Å². The molecule has 0 aliphatic rings. The van der Waals surface area contributed by atoms with E-state index >= 15 is 0 Å². The first-order chi connectivity index (χ1) is 8.63. The van der Waals surface area contributed by atoms with Gasteiger partial charge in [0.1, 0.15) is 10.8 Å². The van der Waals surface area contributed by atoms with Gasteiger partial charge < -0.3 is 4.98 Å². The van der Waals surface area contributed by atoms with Crippen LogP contribution in [0.1, 0.15) is 5.82 Å². The topological polar surface area (TPSA) is 58.6 Å². The molecule has 0 aliphatic carbocycles. The molecular weight excluding hydrogens is 270 g/mol. The lowest BCUT2D eigenvalue weighted by atomic mass is 10.2. The molecule has 0 spiro atoms. The summed E-state index contributed by atoms with van der Waals surface area (Å²) in [4.78, 5) is 23.6. The molecule has 0 atom stereocenters. The minimum atomic E-state index is -0.206. The highest BCUT2D eigenvalue weighted by Gasteiger charge is 2.10. The Morgan fingerprint density at radius 1 is 1.33 bits per heavy atom. The molecule has 1 aromatic carbocycles. The van der Waals surface area contributed by atoms with Crippen molar-refractivity contribution >= 4 is 33.3 Å². The summed E-state index contributed by atoms with van der Waals surface area (Å²) in [6.45, 7) is 1.75. The molecule has 90 valence electrons. The highest BCUT2D eigenvalue weighted by molar-refractivity contribution is 7.21. The zero-order valence-electron chi connectivity index (χ0n) is 9.40. The second kappa shape index (κ2) is 4.19. The Hall–Kier alpha value is -1.72. The van der Waals surface area contributed by atoms with Crippen molar-refractivity contribution in [2.75, 3.05) is 0 Å². The van der Waals surface area contributed by atoms with Gasteiger partial charge in [-0.15, -0.1) is 0 Å². The van der Waals surface area contributed by atoms with E-state index in [9.17, 15) is 4.79 Å². The highest BCUT2D eigenvalue weighted by Crippen LogP contribution is 2.28. The minimum Gasteiger partial charge on any atom is -0.309 e. The van der Waals surface area contributed by atoms with Crippen molar-refractivity contribution in [3.8, 4) is 10.6 Å². The lowest BCUT2D eigenvalue weighted by Gasteiger charge is -1.95. The van der Waals surface area contributed by atoms with Gasteiger partial charge >= 0.3 is 0 Å². The summed E-state index contributed by atoms with van der Waals surface area (Å²) < 4.78 is 0. The molecule has 2 aromatic heterocycles. The van der Waals surface area contributed by atoms with E-state index in [2.05, 4.69) is 15.0 Å². The number of nitrogens with zero attached hydrogens (tertiary/aromatic N) is 2. The summed E-state index contributed by atoms with van der Waals surface area (Å²) in [7, 11) is 0. The van der Waals surface area contributed by atoms with E-state index in [-0.39, 0.29) is 5.56 Å². The van der Waals surface area contributed by atoms with E-state index in [4.69, 9.17) is 11.6 Å². The van der Waals surface area contributed by atoms with Crippen LogP contribution in [0.4, 0.5) is 0 Å². The number of thiazole rings is 1. The quantitative estimate of drug-likeness (QED) is 0.744. The molecule has 3 aromatic rings. The Bertz CT molecular complexity index is 793. The van der Waals surface area contributed by atoms with Crippen molar-refractivity contribution in [3.63, 3.8) is 0 Å². The zero-order chi connectivity index (χ0) is 12.7. The van der Waals surface area contributed by atoms with Gasteiger partial charge in [0.05, 0.1) is 0 Å². The summed E-state index contributed by atoms with van der Waals surface area (Å²) in [6, 6.07) is 7.38. The molecule has 0 unspecified atom stereocenters. The van der Waals surface area contributed by atoms with Gasteiger partial charge in [0.15, 0.2) is 10.3 Å². The first-order valence-electron chi connectivity index (χ1n) is 5.27. The summed E-state index contributed by atoms with van der Waals surface area (Å²) in [5.41, 5.74) is 1.06. The van der Waals surface area contributed by atoms with E-state index in [1.807, 2.05) is 18.2 Å². The van der Waals surface area contributed by atoms with Crippen molar-refractivity contribution < 1.29 is 0 Å². The van der Waals surface area contributed by atoms with Crippen LogP contribution < -0.4 is 5.56 Å². The molecule has 1 N–H and O–H groups in total. The van der Waals surface area contributed by atoms with Crippen molar-refractivity contribution in [3.05, 3.63) is 45.5 Å². The molecule has 3 rings (SSSR count). The summed E-state index contributed by atoms with van der Waals surface area (Å²) in [5, 5.41) is 1.39. The number of fused-ring (bicyclic) bond motifs is 1. The van der Waals surface area contributed by atoms with E-state index in [1.54, 1.807) is 13.0 Å². The van der Waals surface area contributed by atoms with Gasteiger partial charge in [-0.05, 0) is 19.1 Å². The third-order valence-corrected chi connectivity index (χ3v) is 3.69. The van der Waals surface area contributed by atoms with Crippen LogP contribution in [0.15, 0.2) is 29.1 Å². The van der Waals surface area contributed by atoms with E-state index < -0.39 is 0 Å². The Labute approximate surface area is 111 Å². The third kappa shape index (κ3) is 1.91. The van der Waals surface area contributed by atoms with Crippen molar-refractivity contribution in [2.24, 2.45) is 0 Å². The lowest BCUT2D eigenvalue weighted by molar-refractivity contribution is 1.06. The average molecular weight is 278 g/mol. The fourth-order valence-electron chi connectivity index (χ4n) is 1.68. The molecule has 0 saturated carbocycles. The number of hydrogen-bond donors (Lipinski definition) is 1. The Kier molecular flexibility index (Phi) is 2.65. The van der Waals surface area contributed by atoms with Crippen LogP contribution in [0.3, 0.4) is 0 Å². The second-order valence-corrected chi connectivity index (χ2v) is 5.25. The molecule has 0 saturated heterocycles. The van der Waals surface area contributed by atoms with Gasteiger partial charge in [-0.2, -0.15) is 0 Å². The van der Waals surface area contributed by atoms with E-state index in [0.29, 0.717) is 21.2 Å². The van der Waals surface area contributed by atoms with Crippen molar-refractivity contribution in [1.82, 2.24) is 15.0 Å². The summed E-state index contributed by atoms with van der Waals surface area (Å²) in [6.07, 6.45) is 0. The molecular formula is C12H8ClN3OS. The largest absolute Gasteiger partial charge is 0.309 e. The van der Waals surface area contributed by atoms with Gasteiger partial charge in [-0.1, -0.05) is 35.1 Å². The lowest BCUT2D eigenvalue weighted by Crippen LogP contribution is -2.08. The SMILES string of the molecule is Cc1nc2sc(-c3cccc(Cl)c3)nc2c(=O)[nH]1. The van der Waals surface area contributed by atoms with Crippen LogP contribution in [-0.2, 0) is 0 Å². The van der Waals surface area contributed by atoms with Gasteiger partial charge in [-0.25, -0.2) is 9.97 Å². The number of hydrogen-bond acceptors (Lipinski definition) is 4. The molecule has 0 bridgehead atoms. The number of aryl methyl sites for hydroxylation is 1. The first-order valence-corrected chi connectivity index (χ1v) is 6.46. The highest BCUT2D eigenvalue weighted by atomic mass is 35.5. The Morgan fingerprint density at radius 3 is 2.94 bits per heavy atom. The Balaban J connectivity index is 2.26. The fourth-order valence-corrected chi connectivity index (χ4v) is 2.86. The third-order valence-electron chi connectivity index (χ3n) is 2.46. The van der Waals surface area contributed by atoms with Crippen molar-refractivity contribution in [2.45, 2.75) is 6.92 Å². The fraction of sp³-hybridized carbons (Fsp3) is 0.0833. The van der Waals surface area contributed by atoms with Crippen LogP contribution in [0.2, 0.25) is 5.02 Å². The standard InChI is InChI=1S/C12H8ClN3OS/c1-6-14-10(17)9-12(15-6)18-11(16-9)7-3-2-4-8(13)5-7/h2-5H,1H3,(H,14,15,17). The monoisotopic (exact) mass is 277 g/mol. The predicted molar refractivity (Wildman–Crippen MR) is 73.2 cm³/mol. The molecule has 0 aliphatic heterocycles. The van der Waals surface area contributed by atoms with E-state index in [0.717, 1.165) is 10.6 Å². The number of aromatic amines is 1. The maximum Gasteiger partial charge on any atom is 0.278 e. The van der Waals surface area contributed by atoms with Crippen LogP contribution in [0.25, 0.3) is 20.9 Å². The smallest absolute Gasteiger partial charge is 0.278 e. The second-order valence-electron chi connectivity index (χ2n) is 3.83. The predicted octanol–water partition coefficient (Wildman–Crippen LogP) is 3.01. The van der Waals surface area contributed by atoms with Gasteiger partial charge in [0.25, 0.3) is 5.56 Å². The number of rotatable bonds is 1. The molecule has 6 heteroatoms. The number of benzene rings is 1. The van der Waals surface area contributed by atoms with Gasteiger partial charge in [0, 0.05) is 10.6 Å². The summed E-state index contributed by atoms with van der Waals surface area (Å²) >= 11 is 7.33. The van der Waals surface area contributed by atoms with Crippen LogP contribution in [0, 0.1) is 6.92 Å². The van der Waals surface area contributed by atoms with Crippen molar-refractivity contribution in [1.29, 1.82) is 0 Å². The molecule has 4 nitrogen and oxygen atoms in total. The molecule has 0 fully saturated rings. The Morgan fingerprint density at radius 2 is 2.17 bits per heavy atom.